The number of carbonyl (C=O) groups excluding carboxylic acids is 1. The zero-order valence-electron chi connectivity index (χ0n) is 12.6. The molecule has 0 aromatic heterocycles. The zero-order valence-corrected chi connectivity index (χ0v) is 12.6. The Balaban J connectivity index is 1.80. The second-order valence-electron chi connectivity index (χ2n) is 6.07. The van der Waals surface area contributed by atoms with Crippen molar-refractivity contribution in [2.75, 3.05) is 0 Å². The Hall–Kier alpha value is -1.89. The maximum absolute atomic E-state index is 12.9. The number of hydrogen-bond donors (Lipinski definition) is 0. The summed E-state index contributed by atoms with van der Waals surface area (Å²) in [6, 6.07) is 18.8. The molecule has 2 aromatic rings. The quantitative estimate of drug-likeness (QED) is 0.788. The number of ketones is 1. The van der Waals surface area contributed by atoms with Crippen LogP contribution in [0.2, 0.25) is 0 Å². The number of rotatable bonds is 5. The fourth-order valence-electron chi connectivity index (χ4n) is 3.26. The van der Waals surface area contributed by atoms with Gasteiger partial charge in [0.15, 0.2) is 0 Å². The van der Waals surface area contributed by atoms with Crippen LogP contribution < -0.4 is 0 Å². The summed E-state index contributed by atoms with van der Waals surface area (Å²) in [6.07, 6.45) is 4.77. The lowest BCUT2D eigenvalue weighted by molar-refractivity contribution is -0.127. The van der Waals surface area contributed by atoms with Crippen LogP contribution in [-0.2, 0) is 23.1 Å². The van der Waals surface area contributed by atoms with Crippen molar-refractivity contribution in [3.8, 4) is 0 Å². The highest BCUT2D eigenvalue weighted by Gasteiger charge is 2.44. The first kappa shape index (κ1) is 14.1. The molecule has 0 aliphatic heterocycles. The molecule has 0 N–H and O–H groups in total. The molecule has 2 aromatic carbocycles. The van der Waals surface area contributed by atoms with E-state index in [-0.39, 0.29) is 5.41 Å². The molecule has 108 valence electrons. The van der Waals surface area contributed by atoms with Gasteiger partial charge in [0.05, 0.1) is 5.41 Å². The van der Waals surface area contributed by atoms with E-state index in [0.717, 1.165) is 31.2 Å². The highest BCUT2D eigenvalue weighted by molar-refractivity contribution is 5.92. The van der Waals surface area contributed by atoms with Crippen molar-refractivity contribution in [1.29, 1.82) is 0 Å². The monoisotopic (exact) mass is 278 g/mol. The Bertz CT molecular complexity index is 606. The Labute approximate surface area is 127 Å². The third-order valence-electron chi connectivity index (χ3n) is 4.86. The van der Waals surface area contributed by atoms with Crippen LogP contribution in [0, 0.1) is 0 Å². The smallest absolute Gasteiger partial charge is 0.147 e. The molecule has 1 aliphatic carbocycles. The van der Waals surface area contributed by atoms with Gasteiger partial charge in [0.1, 0.15) is 5.78 Å². The first-order chi connectivity index (χ1) is 10.2. The van der Waals surface area contributed by atoms with Crippen molar-refractivity contribution in [2.45, 2.75) is 44.4 Å². The van der Waals surface area contributed by atoms with Crippen molar-refractivity contribution in [3.05, 3.63) is 71.3 Å². The van der Waals surface area contributed by atoms with Crippen LogP contribution in [0.25, 0.3) is 0 Å². The third-order valence-corrected chi connectivity index (χ3v) is 4.86. The minimum Gasteiger partial charge on any atom is -0.298 e. The number of hydrogen-bond acceptors (Lipinski definition) is 1. The third kappa shape index (κ3) is 2.65. The van der Waals surface area contributed by atoms with Gasteiger partial charge in [-0.2, -0.15) is 0 Å². The lowest BCUT2D eigenvalue weighted by Crippen LogP contribution is -2.43. The second kappa shape index (κ2) is 5.85. The largest absolute Gasteiger partial charge is 0.298 e. The minimum atomic E-state index is -0.218. The molecule has 1 heteroatoms. The summed E-state index contributed by atoms with van der Waals surface area (Å²) < 4.78 is 0. The van der Waals surface area contributed by atoms with Crippen LogP contribution in [0.15, 0.2) is 54.6 Å². The molecule has 0 spiro atoms. The summed E-state index contributed by atoms with van der Waals surface area (Å²) in [7, 11) is 0. The van der Waals surface area contributed by atoms with Crippen LogP contribution >= 0.6 is 0 Å². The molecule has 0 amide bonds. The lowest BCUT2D eigenvalue weighted by Gasteiger charge is -2.41. The van der Waals surface area contributed by atoms with Crippen LogP contribution in [0.4, 0.5) is 0 Å². The van der Waals surface area contributed by atoms with Gasteiger partial charge in [-0.05, 0) is 36.0 Å². The molecule has 1 nitrogen and oxygen atoms in total. The molecule has 1 aliphatic rings. The summed E-state index contributed by atoms with van der Waals surface area (Å²) in [4.78, 5) is 12.9. The van der Waals surface area contributed by atoms with Gasteiger partial charge in [-0.3, -0.25) is 4.79 Å². The average Bonchev–Trinajstić information content (AvgIpc) is 2.48. The van der Waals surface area contributed by atoms with Crippen molar-refractivity contribution < 1.29 is 4.79 Å². The Morgan fingerprint density at radius 2 is 1.57 bits per heavy atom. The van der Waals surface area contributed by atoms with Crippen LogP contribution in [0.1, 0.15) is 42.9 Å². The highest BCUT2D eigenvalue weighted by Crippen LogP contribution is 2.45. The van der Waals surface area contributed by atoms with Gasteiger partial charge in [-0.25, -0.2) is 0 Å². The molecule has 0 atom stereocenters. The lowest BCUT2D eigenvalue weighted by atomic mass is 9.61. The number of carbonyl (C=O) groups is 1. The molecule has 0 radical (unpaired) electrons. The predicted octanol–water partition coefficient (Wildman–Crippen LogP) is 4.48. The van der Waals surface area contributed by atoms with Gasteiger partial charge in [-0.1, -0.05) is 67.9 Å². The van der Waals surface area contributed by atoms with Gasteiger partial charge >= 0.3 is 0 Å². The van der Waals surface area contributed by atoms with E-state index in [4.69, 9.17) is 0 Å². The molecule has 0 saturated heterocycles. The molecular formula is C20H22O. The van der Waals surface area contributed by atoms with Gasteiger partial charge in [0.25, 0.3) is 0 Å². The van der Waals surface area contributed by atoms with Crippen molar-refractivity contribution in [2.24, 2.45) is 0 Å². The maximum Gasteiger partial charge on any atom is 0.147 e. The van der Waals surface area contributed by atoms with E-state index in [2.05, 4.69) is 43.3 Å². The zero-order chi connectivity index (χ0) is 14.7. The van der Waals surface area contributed by atoms with Gasteiger partial charge < -0.3 is 0 Å². The molecule has 1 fully saturated rings. The first-order valence-corrected chi connectivity index (χ1v) is 7.91. The van der Waals surface area contributed by atoms with Crippen molar-refractivity contribution >= 4 is 5.78 Å². The summed E-state index contributed by atoms with van der Waals surface area (Å²) in [5.74, 6) is 0.379. The molecule has 1 saturated carbocycles. The van der Waals surface area contributed by atoms with E-state index in [1.807, 2.05) is 18.2 Å². The average molecular weight is 278 g/mol. The predicted molar refractivity (Wildman–Crippen MR) is 86.5 cm³/mol. The van der Waals surface area contributed by atoms with E-state index in [0.29, 0.717) is 12.2 Å². The topological polar surface area (TPSA) is 17.1 Å². The molecule has 0 heterocycles. The van der Waals surface area contributed by atoms with Crippen LogP contribution in [-0.4, -0.2) is 5.78 Å². The number of aryl methyl sites for hydroxylation is 1. The maximum atomic E-state index is 12.9. The van der Waals surface area contributed by atoms with E-state index in [1.165, 1.54) is 11.1 Å². The molecule has 0 unspecified atom stereocenters. The van der Waals surface area contributed by atoms with Gasteiger partial charge in [-0.15, -0.1) is 0 Å². The summed E-state index contributed by atoms with van der Waals surface area (Å²) in [5, 5.41) is 0. The van der Waals surface area contributed by atoms with Crippen molar-refractivity contribution in [1.82, 2.24) is 0 Å². The van der Waals surface area contributed by atoms with Gasteiger partial charge in [0, 0.05) is 6.42 Å². The van der Waals surface area contributed by atoms with E-state index >= 15 is 0 Å². The highest BCUT2D eigenvalue weighted by atomic mass is 16.1. The summed E-state index contributed by atoms with van der Waals surface area (Å²) in [6.45, 7) is 2.15. The van der Waals surface area contributed by atoms with Crippen LogP contribution in [0.5, 0.6) is 0 Å². The molecule has 0 bridgehead atoms. The number of Topliss-reactive ketones (excluding diaryl/α,β-unsaturated/α-hetero) is 1. The SMILES string of the molecule is CCc1ccc(CC(=O)C2(c3ccccc3)CCC2)cc1. The standard InChI is InChI=1S/C20H22O/c1-2-16-9-11-17(12-10-16)15-19(21)20(13-6-14-20)18-7-4-3-5-8-18/h3-5,7-12H,2,6,13-15H2,1H3. The minimum absolute atomic E-state index is 0.218. The fraction of sp³-hybridized carbons (Fsp3) is 0.350. The molecular weight excluding hydrogens is 256 g/mol. The summed E-state index contributed by atoms with van der Waals surface area (Å²) >= 11 is 0. The summed E-state index contributed by atoms with van der Waals surface area (Å²) in [5.41, 5.74) is 3.45. The number of benzene rings is 2. The fourth-order valence-corrected chi connectivity index (χ4v) is 3.26. The van der Waals surface area contributed by atoms with Crippen molar-refractivity contribution in [3.63, 3.8) is 0 Å². The second-order valence-corrected chi connectivity index (χ2v) is 6.07. The Kier molecular flexibility index (Phi) is 3.92. The molecule has 21 heavy (non-hydrogen) atoms. The van der Waals surface area contributed by atoms with Crippen LogP contribution in [0.3, 0.4) is 0 Å². The molecule has 3 rings (SSSR count). The van der Waals surface area contributed by atoms with E-state index in [1.54, 1.807) is 0 Å². The Morgan fingerprint density at radius 1 is 0.952 bits per heavy atom. The normalized spacial score (nSPS) is 16.2. The van der Waals surface area contributed by atoms with E-state index in [9.17, 15) is 4.79 Å². The van der Waals surface area contributed by atoms with E-state index < -0.39 is 0 Å². The van der Waals surface area contributed by atoms with Gasteiger partial charge in [0.2, 0.25) is 0 Å². The Morgan fingerprint density at radius 3 is 2.10 bits per heavy atom. The first-order valence-electron chi connectivity index (χ1n) is 7.91.